The van der Waals surface area contributed by atoms with Crippen LogP contribution in [0.5, 0.6) is 5.75 Å². The first-order chi connectivity index (χ1) is 21.1. The lowest BCUT2D eigenvalue weighted by Crippen LogP contribution is -2.40. The smallest absolute Gasteiger partial charge is 0.309 e. The molecule has 4 N–H and O–H groups in total. The molecule has 1 aliphatic carbocycles. The predicted octanol–water partition coefficient (Wildman–Crippen LogP) is 4.73. The van der Waals surface area contributed by atoms with Crippen LogP contribution in [0.4, 0.5) is 15.9 Å². The van der Waals surface area contributed by atoms with E-state index in [2.05, 4.69) is 10.3 Å². The number of hydrogen-bond acceptors (Lipinski definition) is 8. The first-order valence-electron chi connectivity index (χ1n) is 14.2. The van der Waals surface area contributed by atoms with Crippen molar-refractivity contribution in [1.29, 1.82) is 0 Å². The highest BCUT2D eigenvalue weighted by atomic mass is 32.2. The number of nitrogens with one attached hydrogen (secondary N) is 1. The van der Waals surface area contributed by atoms with Crippen LogP contribution in [0.25, 0.3) is 10.8 Å². The second-order valence-electron chi connectivity index (χ2n) is 11.1. The summed E-state index contributed by atoms with van der Waals surface area (Å²) in [6.07, 6.45) is 2.78. The van der Waals surface area contributed by atoms with Gasteiger partial charge in [0.25, 0.3) is 0 Å². The fourth-order valence-electron chi connectivity index (χ4n) is 5.99. The molecule has 10 nitrogen and oxygen atoms in total. The van der Waals surface area contributed by atoms with Crippen LogP contribution in [-0.4, -0.2) is 54.2 Å². The Morgan fingerprint density at radius 3 is 2.59 bits per heavy atom. The van der Waals surface area contributed by atoms with Gasteiger partial charge in [-0.15, -0.1) is 0 Å². The molecule has 2 aliphatic rings. The summed E-state index contributed by atoms with van der Waals surface area (Å²) in [5.41, 5.74) is 7.22. The van der Waals surface area contributed by atoms with Crippen molar-refractivity contribution in [1.82, 2.24) is 9.88 Å². The third kappa shape index (κ3) is 5.30. The number of anilines is 2. The zero-order valence-corrected chi connectivity index (χ0v) is 24.6. The molecule has 3 atom stereocenters. The number of carboxylic acids is 1. The number of halogens is 1. The minimum atomic E-state index is -3.71. The van der Waals surface area contributed by atoms with Crippen LogP contribution >= 0.6 is 0 Å². The number of fused-ring (bicyclic) bond motifs is 1. The van der Waals surface area contributed by atoms with Crippen molar-refractivity contribution in [2.75, 3.05) is 24.7 Å². The monoisotopic (exact) mass is 618 g/mol. The van der Waals surface area contributed by atoms with Crippen molar-refractivity contribution >= 4 is 44.0 Å². The Kier molecular flexibility index (Phi) is 7.62. The summed E-state index contributed by atoms with van der Waals surface area (Å²) in [4.78, 5) is 32.6. The van der Waals surface area contributed by atoms with Gasteiger partial charge in [-0.3, -0.25) is 9.59 Å². The molecule has 1 aromatic heterocycles. The number of methoxy groups -OCH3 is 1. The molecular weight excluding hydrogens is 587 g/mol. The molecule has 0 radical (unpaired) electrons. The Labute approximate surface area is 253 Å². The lowest BCUT2D eigenvalue weighted by molar-refractivity contribution is -0.143. The number of nitrogen functional groups attached to an aromatic ring is 1. The van der Waals surface area contributed by atoms with E-state index in [0.29, 0.717) is 29.9 Å². The van der Waals surface area contributed by atoms with E-state index in [4.69, 9.17) is 10.5 Å². The van der Waals surface area contributed by atoms with Crippen molar-refractivity contribution in [3.05, 3.63) is 89.9 Å². The third-order valence-electron chi connectivity index (χ3n) is 8.37. The molecular formula is C32H31FN4O6S. The van der Waals surface area contributed by atoms with Crippen molar-refractivity contribution in [3.8, 4) is 5.75 Å². The number of ether oxygens (including phenoxy) is 1. The van der Waals surface area contributed by atoms with Crippen LogP contribution in [0.15, 0.2) is 77.8 Å². The van der Waals surface area contributed by atoms with Gasteiger partial charge in [-0.2, -0.15) is 0 Å². The maximum absolute atomic E-state index is 14.6. The van der Waals surface area contributed by atoms with Gasteiger partial charge in [0.05, 0.1) is 29.2 Å². The molecule has 0 bridgehead atoms. The van der Waals surface area contributed by atoms with Gasteiger partial charge in [-0.25, -0.2) is 17.8 Å². The lowest BCUT2D eigenvalue weighted by atomic mass is 9.93. The van der Waals surface area contributed by atoms with Crippen LogP contribution in [0.3, 0.4) is 0 Å². The van der Waals surface area contributed by atoms with Crippen LogP contribution in [-0.2, 0) is 19.4 Å². The van der Waals surface area contributed by atoms with Crippen LogP contribution in [0, 0.1) is 11.7 Å². The van der Waals surface area contributed by atoms with E-state index in [1.807, 2.05) is 0 Å². The number of rotatable bonds is 9. The average molecular weight is 619 g/mol. The van der Waals surface area contributed by atoms with Crippen molar-refractivity contribution < 1.29 is 32.2 Å². The second kappa shape index (κ2) is 11.4. The summed E-state index contributed by atoms with van der Waals surface area (Å²) >= 11 is 0. The molecule has 44 heavy (non-hydrogen) atoms. The minimum absolute atomic E-state index is 0.0483. The molecule has 0 unspecified atom stereocenters. The number of aliphatic carboxylic acids is 1. The van der Waals surface area contributed by atoms with E-state index in [9.17, 15) is 27.5 Å². The first kappa shape index (κ1) is 29.4. The van der Waals surface area contributed by atoms with Crippen molar-refractivity contribution in [2.45, 2.75) is 41.5 Å². The van der Waals surface area contributed by atoms with E-state index in [1.165, 1.54) is 36.3 Å². The largest absolute Gasteiger partial charge is 0.494 e. The number of benzene rings is 3. The lowest BCUT2D eigenvalue weighted by Gasteiger charge is -2.32. The number of nitrogens with two attached hydrogens (primary N) is 1. The molecule has 228 valence electrons. The SMILES string of the molecule is COc1cc([C@@H](Nc2ccc3c(N)nccc3c2)C(=O)N2CC[C@@H](C(=O)O)[C@@H]2c2ccccc2S(=O)(=O)C2CC2)ccc1F. The number of carboxylic acid groups (broad SMARTS) is 1. The molecule has 1 aliphatic heterocycles. The van der Waals surface area contributed by atoms with Gasteiger partial charge in [0, 0.05) is 23.8 Å². The zero-order valence-electron chi connectivity index (χ0n) is 23.8. The van der Waals surface area contributed by atoms with Gasteiger partial charge < -0.3 is 25.8 Å². The Bertz CT molecular complexity index is 1880. The van der Waals surface area contributed by atoms with Crippen LogP contribution in [0.1, 0.15) is 42.5 Å². The highest BCUT2D eigenvalue weighted by Crippen LogP contribution is 2.44. The summed E-state index contributed by atoms with van der Waals surface area (Å²) in [6.45, 7) is 0.0781. The van der Waals surface area contributed by atoms with E-state index in [0.717, 1.165) is 10.8 Å². The summed E-state index contributed by atoms with van der Waals surface area (Å²) in [5, 5.41) is 14.4. The Morgan fingerprint density at radius 2 is 1.86 bits per heavy atom. The highest BCUT2D eigenvalue weighted by molar-refractivity contribution is 7.92. The molecule has 1 amide bonds. The topological polar surface area (TPSA) is 152 Å². The minimum Gasteiger partial charge on any atom is -0.494 e. The molecule has 12 heteroatoms. The normalized spacial score (nSPS) is 19.1. The summed E-state index contributed by atoms with van der Waals surface area (Å²) in [6, 6.07) is 15.3. The molecule has 0 spiro atoms. The molecule has 2 fully saturated rings. The van der Waals surface area contributed by atoms with E-state index in [-0.39, 0.29) is 29.2 Å². The Balaban J connectivity index is 1.44. The fraction of sp³-hybridized carbons (Fsp3) is 0.281. The Hall–Kier alpha value is -4.71. The molecule has 1 saturated heterocycles. The standard InChI is InChI=1S/C32H31FN4O6S/c1-43-26-17-19(6-11-25(26)33)28(36-20-7-10-22-18(16-20)12-14-35-30(22)34)31(38)37-15-13-24(32(39)40)29(37)23-4-2-3-5-27(23)44(41,42)21-8-9-21/h2-7,10-12,14,16-17,21,24,28-29,36H,8-9,13,15H2,1H3,(H2,34,35)(H,39,40)/t24-,28-,29+/m1/s1. The summed E-state index contributed by atoms with van der Waals surface area (Å²) < 4.78 is 46.5. The number of aromatic nitrogens is 1. The molecule has 4 aromatic rings. The number of nitrogens with zero attached hydrogens (tertiary/aromatic N) is 2. The molecule has 2 heterocycles. The van der Waals surface area contributed by atoms with Crippen LogP contribution < -0.4 is 15.8 Å². The highest BCUT2D eigenvalue weighted by Gasteiger charge is 2.47. The van der Waals surface area contributed by atoms with Crippen molar-refractivity contribution in [3.63, 3.8) is 0 Å². The number of sulfone groups is 1. The number of pyridine rings is 1. The van der Waals surface area contributed by atoms with E-state index < -0.39 is 50.8 Å². The van der Waals surface area contributed by atoms with Gasteiger partial charge in [0.15, 0.2) is 21.4 Å². The number of carbonyl (C=O) groups is 2. The predicted molar refractivity (Wildman–Crippen MR) is 162 cm³/mol. The van der Waals surface area contributed by atoms with Gasteiger partial charge in [-0.1, -0.05) is 24.3 Å². The maximum atomic E-state index is 14.6. The zero-order chi connectivity index (χ0) is 31.2. The van der Waals surface area contributed by atoms with Crippen molar-refractivity contribution in [2.24, 2.45) is 5.92 Å². The number of carbonyl (C=O) groups excluding carboxylic acids is 1. The summed E-state index contributed by atoms with van der Waals surface area (Å²) in [5.74, 6) is -2.99. The number of amides is 1. The number of hydrogen-bond donors (Lipinski definition) is 3. The van der Waals surface area contributed by atoms with Gasteiger partial charge >= 0.3 is 5.97 Å². The quantitative estimate of drug-likeness (QED) is 0.242. The fourth-order valence-corrected chi connectivity index (χ4v) is 7.89. The van der Waals surface area contributed by atoms with Gasteiger partial charge in [-0.05, 0) is 78.2 Å². The third-order valence-corrected chi connectivity index (χ3v) is 10.7. The maximum Gasteiger partial charge on any atom is 0.309 e. The van der Waals surface area contributed by atoms with E-state index in [1.54, 1.807) is 48.7 Å². The average Bonchev–Trinajstić information content (AvgIpc) is 3.79. The van der Waals surface area contributed by atoms with E-state index >= 15 is 0 Å². The number of likely N-dealkylation sites (tertiary alicyclic amines) is 1. The second-order valence-corrected chi connectivity index (χ2v) is 13.3. The molecule has 3 aromatic carbocycles. The van der Waals surface area contributed by atoms with Gasteiger partial charge in [0.1, 0.15) is 11.9 Å². The molecule has 6 rings (SSSR count). The summed E-state index contributed by atoms with van der Waals surface area (Å²) in [7, 11) is -2.39. The molecule has 1 saturated carbocycles. The first-order valence-corrected chi connectivity index (χ1v) is 15.7. The van der Waals surface area contributed by atoms with Gasteiger partial charge in [0.2, 0.25) is 5.91 Å². The Morgan fingerprint density at radius 1 is 1.09 bits per heavy atom. The van der Waals surface area contributed by atoms with Crippen LogP contribution in [0.2, 0.25) is 0 Å².